The van der Waals surface area contributed by atoms with Crippen LogP contribution in [0, 0.1) is 45.8 Å². The predicted molar refractivity (Wildman–Crippen MR) is 72.7 cm³/mol. The summed E-state index contributed by atoms with van der Waals surface area (Å²) in [4.78, 5) is 36.4. The van der Waals surface area contributed by atoms with Gasteiger partial charge in [-0.3, -0.25) is 14.4 Å². The Morgan fingerprint density at radius 2 is 1.95 bits per heavy atom. The molecule has 0 N–H and O–H groups in total. The third kappa shape index (κ3) is 2.80. The number of nitrogens with zero attached hydrogens (tertiary/aromatic N) is 2. The second-order valence-corrected chi connectivity index (χ2v) is 5.46. The molecule has 0 aromatic carbocycles. The van der Waals surface area contributed by atoms with Crippen LogP contribution in [0.15, 0.2) is 0 Å². The molecule has 7 nitrogen and oxygen atoms in total. The third-order valence-electron chi connectivity index (χ3n) is 4.19. The van der Waals surface area contributed by atoms with Crippen molar-refractivity contribution in [2.75, 3.05) is 14.2 Å². The van der Waals surface area contributed by atoms with Crippen LogP contribution in [-0.2, 0) is 23.9 Å². The summed E-state index contributed by atoms with van der Waals surface area (Å²) in [5, 5.41) is 18.9. The van der Waals surface area contributed by atoms with E-state index < -0.39 is 29.2 Å². The predicted octanol–water partition coefficient (Wildman–Crippen LogP) is 0.987. The van der Waals surface area contributed by atoms with Gasteiger partial charge in [0.15, 0.2) is 11.3 Å². The van der Waals surface area contributed by atoms with E-state index in [-0.39, 0.29) is 24.5 Å². The van der Waals surface area contributed by atoms with E-state index in [0.717, 1.165) is 14.2 Å². The van der Waals surface area contributed by atoms with Crippen molar-refractivity contribution in [2.45, 2.75) is 26.2 Å². The Balaban J connectivity index is 3.49. The summed E-state index contributed by atoms with van der Waals surface area (Å²) >= 11 is 0. The van der Waals surface area contributed by atoms with Gasteiger partial charge < -0.3 is 9.47 Å². The van der Waals surface area contributed by atoms with E-state index in [0.29, 0.717) is 6.42 Å². The smallest absolute Gasteiger partial charge is 0.328 e. The van der Waals surface area contributed by atoms with Gasteiger partial charge in [0, 0.05) is 12.3 Å². The van der Waals surface area contributed by atoms with Gasteiger partial charge in [0.05, 0.1) is 26.4 Å². The molecule has 0 radical (unpaired) electrons. The zero-order chi connectivity index (χ0) is 16.9. The molecule has 0 heterocycles. The standard InChI is InChI=1S/C15H18N2O5/c1-9-4-5-12(18)10(6-9)15(8-17,14(20)22-3)11(7-16)13(19)21-2/h9-11H,4-6H2,1-3H3/t9-,10+,11+,15+/m1/s1. The number of hydrogen-bond donors (Lipinski definition) is 0. The Morgan fingerprint density at radius 1 is 1.32 bits per heavy atom. The number of rotatable bonds is 4. The van der Waals surface area contributed by atoms with Crippen LogP contribution in [0.2, 0.25) is 0 Å². The first kappa shape index (κ1) is 17.6. The van der Waals surface area contributed by atoms with E-state index >= 15 is 0 Å². The van der Waals surface area contributed by atoms with Crippen molar-refractivity contribution in [1.82, 2.24) is 0 Å². The molecule has 0 unspecified atom stereocenters. The molecule has 4 atom stereocenters. The quantitative estimate of drug-likeness (QED) is 0.710. The van der Waals surface area contributed by atoms with Crippen LogP contribution < -0.4 is 0 Å². The topological polar surface area (TPSA) is 117 Å². The Kier molecular flexibility index (Phi) is 5.64. The van der Waals surface area contributed by atoms with Gasteiger partial charge in [0.25, 0.3) is 0 Å². The molecular weight excluding hydrogens is 288 g/mol. The maximum atomic E-state index is 12.3. The van der Waals surface area contributed by atoms with Crippen molar-refractivity contribution in [1.29, 1.82) is 10.5 Å². The van der Waals surface area contributed by atoms with Crippen LogP contribution in [0.5, 0.6) is 0 Å². The molecule has 1 fully saturated rings. The number of carbonyl (C=O) groups excluding carboxylic acids is 3. The molecule has 0 amide bonds. The van der Waals surface area contributed by atoms with Crippen molar-refractivity contribution >= 4 is 17.7 Å². The first-order valence-electron chi connectivity index (χ1n) is 6.88. The fourth-order valence-electron chi connectivity index (χ4n) is 2.93. The van der Waals surface area contributed by atoms with Crippen molar-refractivity contribution in [2.24, 2.45) is 23.2 Å². The lowest BCUT2D eigenvalue weighted by Crippen LogP contribution is -2.51. The normalized spacial score (nSPS) is 25.0. The SMILES string of the molecule is COC(=O)[C@H](C#N)[C@@](C#N)(C(=O)OC)[C@H]1C[C@H](C)CCC1=O. The van der Waals surface area contributed by atoms with Crippen LogP contribution in [0.4, 0.5) is 0 Å². The molecule has 0 bridgehead atoms. The summed E-state index contributed by atoms with van der Waals surface area (Å²) in [7, 11) is 2.11. The number of ketones is 1. The molecule has 118 valence electrons. The lowest BCUT2D eigenvalue weighted by atomic mass is 9.61. The summed E-state index contributed by atoms with van der Waals surface area (Å²) in [6.07, 6.45) is 1.09. The number of methoxy groups -OCH3 is 2. The fraction of sp³-hybridized carbons (Fsp3) is 0.667. The van der Waals surface area contributed by atoms with Gasteiger partial charge in [-0.25, -0.2) is 0 Å². The number of Topliss-reactive ketones (excluding diaryl/α,β-unsaturated/α-hetero) is 1. The second-order valence-electron chi connectivity index (χ2n) is 5.46. The summed E-state index contributed by atoms with van der Waals surface area (Å²) in [6.45, 7) is 1.89. The highest BCUT2D eigenvalue weighted by atomic mass is 16.5. The molecule has 0 aromatic rings. The van der Waals surface area contributed by atoms with Crippen LogP contribution in [0.3, 0.4) is 0 Å². The monoisotopic (exact) mass is 306 g/mol. The molecule has 1 rings (SSSR count). The van der Waals surface area contributed by atoms with Crippen molar-refractivity contribution in [3.05, 3.63) is 0 Å². The van der Waals surface area contributed by atoms with Gasteiger partial charge in [0.1, 0.15) is 5.78 Å². The van der Waals surface area contributed by atoms with E-state index in [1.165, 1.54) is 0 Å². The number of hydrogen-bond acceptors (Lipinski definition) is 7. The maximum absolute atomic E-state index is 12.3. The lowest BCUT2D eigenvalue weighted by molar-refractivity contribution is -0.166. The van der Waals surface area contributed by atoms with Crippen LogP contribution in [-0.4, -0.2) is 31.9 Å². The van der Waals surface area contributed by atoms with Gasteiger partial charge in [-0.1, -0.05) is 6.92 Å². The minimum absolute atomic E-state index is 0.0945. The summed E-state index contributed by atoms with van der Waals surface area (Å²) in [5.41, 5.74) is -2.18. The molecule has 0 aromatic heterocycles. The third-order valence-corrected chi connectivity index (χ3v) is 4.19. The van der Waals surface area contributed by atoms with E-state index in [2.05, 4.69) is 9.47 Å². The maximum Gasteiger partial charge on any atom is 0.328 e. The molecule has 0 aliphatic heterocycles. The first-order valence-corrected chi connectivity index (χ1v) is 6.88. The van der Waals surface area contributed by atoms with Gasteiger partial charge in [-0.05, 0) is 18.8 Å². The molecular formula is C15H18N2O5. The molecule has 7 heteroatoms. The van der Waals surface area contributed by atoms with Gasteiger partial charge in [0.2, 0.25) is 0 Å². The zero-order valence-corrected chi connectivity index (χ0v) is 12.8. The highest BCUT2D eigenvalue weighted by molar-refractivity contribution is 5.96. The minimum atomic E-state index is -2.18. The van der Waals surface area contributed by atoms with E-state index in [4.69, 9.17) is 0 Å². The number of ether oxygens (including phenoxy) is 2. The van der Waals surface area contributed by atoms with Crippen LogP contribution >= 0.6 is 0 Å². The summed E-state index contributed by atoms with van der Waals surface area (Å²) in [6, 6.07) is 3.38. The van der Waals surface area contributed by atoms with Crippen LogP contribution in [0.1, 0.15) is 26.2 Å². The average molecular weight is 306 g/mol. The summed E-state index contributed by atoms with van der Waals surface area (Å²) < 4.78 is 9.18. The highest BCUT2D eigenvalue weighted by Gasteiger charge is 2.60. The Labute approximate surface area is 128 Å². The van der Waals surface area contributed by atoms with Crippen LogP contribution in [0.25, 0.3) is 0 Å². The lowest BCUT2D eigenvalue weighted by Gasteiger charge is -2.37. The van der Waals surface area contributed by atoms with E-state index in [1.54, 1.807) is 12.1 Å². The van der Waals surface area contributed by atoms with Crippen molar-refractivity contribution in [3.8, 4) is 12.1 Å². The van der Waals surface area contributed by atoms with Gasteiger partial charge in [-0.2, -0.15) is 10.5 Å². The van der Waals surface area contributed by atoms with E-state index in [9.17, 15) is 24.9 Å². The van der Waals surface area contributed by atoms with Crippen molar-refractivity contribution in [3.63, 3.8) is 0 Å². The molecule has 1 saturated carbocycles. The molecule has 22 heavy (non-hydrogen) atoms. The Morgan fingerprint density at radius 3 is 2.41 bits per heavy atom. The largest absolute Gasteiger partial charge is 0.468 e. The molecule has 1 aliphatic carbocycles. The Bertz CT molecular complexity index is 559. The second kappa shape index (κ2) is 7.04. The van der Waals surface area contributed by atoms with E-state index in [1.807, 2.05) is 6.92 Å². The first-order chi connectivity index (χ1) is 10.4. The molecule has 0 saturated heterocycles. The molecule has 0 spiro atoms. The number of esters is 2. The zero-order valence-electron chi connectivity index (χ0n) is 12.8. The van der Waals surface area contributed by atoms with Gasteiger partial charge >= 0.3 is 11.9 Å². The average Bonchev–Trinajstić information content (AvgIpc) is 2.53. The van der Waals surface area contributed by atoms with Gasteiger partial charge in [-0.15, -0.1) is 0 Å². The fourth-order valence-corrected chi connectivity index (χ4v) is 2.93. The van der Waals surface area contributed by atoms with Crippen molar-refractivity contribution < 1.29 is 23.9 Å². The summed E-state index contributed by atoms with van der Waals surface area (Å²) in [5.74, 6) is -5.07. The Hall–Kier alpha value is -2.41. The highest BCUT2D eigenvalue weighted by Crippen LogP contribution is 2.44. The molecule has 1 aliphatic rings. The number of nitriles is 2. The minimum Gasteiger partial charge on any atom is -0.468 e. The number of carbonyl (C=O) groups is 3.